The predicted octanol–water partition coefficient (Wildman–Crippen LogP) is 3.92. The standard InChI is InChI=1S/C15H21Cl2NO/c1-8-9(2)19-10(3)15(8)14(18)7-11-12(16)5-4-6-13(11)17/h4-6,8-10,14-15H,7,18H2,1-3H3. The molecule has 0 bridgehead atoms. The third kappa shape index (κ3) is 3.08. The Hall–Kier alpha value is -0.280. The quantitative estimate of drug-likeness (QED) is 0.918. The summed E-state index contributed by atoms with van der Waals surface area (Å²) in [5.74, 6) is 0.786. The summed E-state index contributed by atoms with van der Waals surface area (Å²) in [6, 6.07) is 5.57. The third-order valence-corrected chi connectivity index (χ3v) is 5.02. The van der Waals surface area contributed by atoms with Gasteiger partial charge in [0.1, 0.15) is 0 Å². The second kappa shape index (κ2) is 6.01. The van der Waals surface area contributed by atoms with E-state index in [-0.39, 0.29) is 18.2 Å². The highest BCUT2D eigenvalue weighted by Gasteiger charge is 2.40. The molecular formula is C15H21Cl2NO. The zero-order valence-electron chi connectivity index (χ0n) is 11.6. The van der Waals surface area contributed by atoms with Crippen LogP contribution in [0.1, 0.15) is 26.3 Å². The fraction of sp³-hybridized carbons (Fsp3) is 0.600. The van der Waals surface area contributed by atoms with Gasteiger partial charge in [-0.2, -0.15) is 0 Å². The first-order chi connectivity index (χ1) is 8.91. The van der Waals surface area contributed by atoms with Crippen LogP contribution in [0.3, 0.4) is 0 Å². The van der Waals surface area contributed by atoms with Crippen LogP contribution in [-0.4, -0.2) is 18.2 Å². The molecule has 1 aliphatic heterocycles. The molecule has 2 rings (SSSR count). The van der Waals surface area contributed by atoms with Gasteiger partial charge in [0.15, 0.2) is 0 Å². The third-order valence-electron chi connectivity index (χ3n) is 4.31. The fourth-order valence-electron chi connectivity index (χ4n) is 3.13. The molecule has 4 heteroatoms. The van der Waals surface area contributed by atoms with Crippen molar-refractivity contribution < 1.29 is 4.74 Å². The Kier molecular flexibility index (Phi) is 4.78. The Morgan fingerprint density at radius 1 is 1.16 bits per heavy atom. The molecule has 1 fully saturated rings. The van der Waals surface area contributed by atoms with Gasteiger partial charge < -0.3 is 10.5 Å². The van der Waals surface area contributed by atoms with Gasteiger partial charge in [0.25, 0.3) is 0 Å². The average molecular weight is 302 g/mol. The van der Waals surface area contributed by atoms with Crippen molar-refractivity contribution in [2.75, 3.05) is 0 Å². The first kappa shape index (κ1) is 15.1. The summed E-state index contributed by atoms with van der Waals surface area (Å²) in [5.41, 5.74) is 7.34. The number of hydrogen-bond acceptors (Lipinski definition) is 2. The van der Waals surface area contributed by atoms with Crippen molar-refractivity contribution in [2.45, 2.75) is 45.4 Å². The summed E-state index contributed by atoms with van der Waals surface area (Å²) in [4.78, 5) is 0. The van der Waals surface area contributed by atoms with Gasteiger partial charge in [-0.1, -0.05) is 36.2 Å². The molecule has 0 amide bonds. The van der Waals surface area contributed by atoms with E-state index in [9.17, 15) is 0 Å². The Morgan fingerprint density at radius 2 is 1.74 bits per heavy atom. The molecule has 0 aliphatic carbocycles. The highest BCUT2D eigenvalue weighted by Crippen LogP contribution is 2.36. The van der Waals surface area contributed by atoms with Crippen molar-refractivity contribution in [3.05, 3.63) is 33.8 Å². The maximum atomic E-state index is 6.39. The molecule has 2 nitrogen and oxygen atoms in total. The van der Waals surface area contributed by atoms with E-state index in [2.05, 4.69) is 20.8 Å². The van der Waals surface area contributed by atoms with Gasteiger partial charge in [-0.3, -0.25) is 0 Å². The Balaban J connectivity index is 2.15. The van der Waals surface area contributed by atoms with E-state index in [1.807, 2.05) is 18.2 Å². The van der Waals surface area contributed by atoms with Crippen molar-refractivity contribution in [1.82, 2.24) is 0 Å². The molecule has 1 saturated heterocycles. The summed E-state index contributed by atoms with van der Waals surface area (Å²) in [6.45, 7) is 6.40. The minimum absolute atomic E-state index is 0.00681. The average Bonchev–Trinajstić information content (AvgIpc) is 2.58. The number of benzene rings is 1. The lowest BCUT2D eigenvalue weighted by Gasteiger charge is -2.26. The van der Waals surface area contributed by atoms with Gasteiger partial charge in [0, 0.05) is 22.0 Å². The molecule has 0 aromatic heterocycles. The minimum Gasteiger partial charge on any atom is -0.375 e. The maximum Gasteiger partial charge on any atom is 0.0597 e. The van der Waals surface area contributed by atoms with Crippen LogP contribution in [-0.2, 0) is 11.2 Å². The first-order valence-corrected chi connectivity index (χ1v) is 7.51. The van der Waals surface area contributed by atoms with E-state index in [0.29, 0.717) is 28.3 Å². The summed E-state index contributed by atoms with van der Waals surface area (Å²) in [5, 5.41) is 1.38. The van der Waals surface area contributed by atoms with Crippen LogP contribution in [0.25, 0.3) is 0 Å². The van der Waals surface area contributed by atoms with E-state index in [0.717, 1.165) is 5.56 Å². The molecule has 2 N–H and O–H groups in total. The van der Waals surface area contributed by atoms with Crippen molar-refractivity contribution in [2.24, 2.45) is 17.6 Å². The molecule has 1 heterocycles. The van der Waals surface area contributed by atoms with Crippen LogP contribution < -0.4 is 5.73 Å². The van der Waals surface area contributed by atoms with Gasteiger partial charge in [0.05, 0.1) is 12.2 Å². The van der Waals surface area contributed by atoms with E-state index < -0.39 is 0 Å². The van der Waals surface area contributed by atoms with Crippen molar-refractivity contribution in [1.29, 1.82) is 0 Å². The van der Waals surface area contributed by atoms with Crippen LogP contribution >= 0.6 is 23.2 Å². The smallest absolute Gasteiger partial charge is 0.0597 e. The van der Waals surface area contributed by atoms with Crippen LogP contribution in [0, 0.1) is 11.8 Å². The van der Waals surface area contributed by atoms with E-state index in [4.69, 9.17) is 33.7 Å². The Labute approximate surface area is 125 Å². The normalized spacial score (nSPS) is 32.5. The zero-order chi connectivity index (χ0) is 14.2. The zero-order valence-corrected chi connectivity index (χ0v) is 13.1. The molecule has 1 aliphatic rings. The van der Waals surface area contributed by atoms with Crippen LogP contribution in [0.5, 0.6) is 0 Å². The van der Waals surface area contributed by atoms with Gasteiger partial charge in [0.2, 0.25) is 0 Å². The highest BCUT2D eigenvalue weighted by atomic mass is 35.5. The first-order valence-electron chi connectivity index (χ1n) is 6.75. The topological polar surface area (TPSA) is 35.2 Å². The summed E-state index contributed by atoms with van der Waals surface area (Å²) < 4.78 is 5.86. The maximum absolute atomic E-state index is 6.39. The number of hydrogen-bond donors (Lipinski definition) is 1. The van der Waals surface area contributed by atoms with Crippen LogP contribution in [0.2, 0.25) is 10.0 Å². The molecule has 1 aromatic carbocycles. The predicted molar refractivity (Wildman–Crippen MR) is 80.8 cm³/mol. The van der Waals surface area contributed by atoms with Gasteiger partial charge in [-0.25, -0.2) is 0 Å². The molecule has 106 valence electrons. The van der Waals surface area contributed by atoms with Crippen LogP contribution in [0.15, 0.2) is 18.2 Å². The van der Waals surface area contributed by atoms with Crippen molar-refractivity contribution in [3.8, 4) is 0 Å². The molecule has 19 heavy (non-hydrogen) atoms. The Bertz CT molecular complexity index is 432. The van der Waals surface area contributed by atoms with Crippen molar-refractivity contribution >= 4 is 23.2 Å². The van der Waals surface area contributed by atoms with Gasteiger partial charge in [-0.15, -0.1) is 0 Å². The summed E-state index contributed by atoms with van der Waals surface area (Å²) >= 11 is 12.4. The summed E-state index contributed by atoms with van der Waals surface area (Å²) in [6.07, 6.45) is 1.13. The molecule has 1 aromatic rings. The van der Waals surface area contributed by atoms with Crippen LogP contribution in [0.4, 0.5) is 0 Å². The van der Waals surface area contributed by atoms with Gasteiger partial charge in [-0.05, 0) is 43.9 Å². The molecule has 5 atom stereocenters. The lowest BCUT2D eigenvalue weighted by atomic mass is 9.81. The molecule has 0 saturated carbocycles. The SMILES string of the molecule is CC1OC(C)C(C(N)Cc2c(Cl)cccc2Cl)C1C. The molecule has 5 unspecified atom stereocenters. The second-order valence-electron chi connectivity index (χ2n) is 5.55. The lowest BCUT2D eigenvalue weighted by molar-refractivity contribution is 0.0490. The lowest BCUT2D eigenvalue weighted by Crippen LogP contribution is -2.39. The van der Waals surface area contributed by atoms with E-state index in [1.54, 1.807) is 0 Å². The van der Waals surface area contributed by atoms with Crippen molar-refractivity contribution in [3.63, 3.8) is 0 Å². The summed E-state index contributed by atoms with van der Waals surface area (Å²) in [7, 11) is 0. The largest absolute Gasteiger partial charge is 0.375 e. The number of rotatable bonds is 3. The number of nitrogens with two attached hydrogens (primary N) is 1. The van der Waals surface area contributed by atoms with E-state index >= 15 is 0 Å². The molecular weight excluding hydrogens is 281 g/mol. The van der Waals surface area contributed by atoms with E-state index in [1.165, 1.54) is 0 Å². The van der Waals surface area contributed by atoms with Gasteiger partial charge >= 0.3 is 0 Å². The minimum atomic E-state index is 0.00681. The molecule has 0 radical (unpaired) electrons. The Morgan fingerprint density at radius 3 is 2.21 bits per heavy atom. The highest BCUT2D eigenvalue weighted by molar-refractivity contribution is 6.36. The molecule has 0 spiro atoms. The number of halogens is 2. The second-order valence-corrected chi connectivity index (χ2v) is 6.37. The number of ether oxygens (including phenoxy) is 1. The monoisotopic (exact) mass is 301 g/mol. The fourth-order valence-corrected chi connectivity index (χ4v) is 3.68.